The van der Waals surface area contributed by atoms with Gasteiger partial charge in [-0.05, 0) is 31.4 Å². The zero-order valence-corrected chi connectivity index (χ0v) is 20.3. The summed E-state index contributed by atoms with van der Waals surface area (Å²) in [6.07, 6.45) is 1.78. The number of para-hydroxylation sites is 1. The number of carbonyl (C=O) groups excluding carboxylic acids is 1. The average molecular weight is 489 g/mol. The van der Waals surface area contributed by atoms with Crippen molar-refractivity contribution in [1.29, 1.82) is 0 Å². The fourth-order valence-electron chi connectivity index (χ4n) is 5.08. The van der Waals surface area contributed by atoms with Crippen LogP contribution in [-0.2, 0) is 21.2 Å². The number of furan rings is 1. The molecule has 9 nitrogen and oxygen atoms in total. The number of hydrogen-bond acceptors (Lipinski definition) is 7. The molecule has 1 unspecified atom stereocenters. The van der Waals surface area contributed by atoms with Crippen molar-refractivity contribution in [2.75, 3.05) is 63.9 Å². The maximum Gasteiger partial charge on any atom is 0.276 e. The second kappa shape index (κ2) is 9.79. The molecule has 184 valence electrons. The molecule has 2 saturated heterocycles. The Balaban J connectivity index is 1.46. The van der Waals surface area contributed by atoms with Crippen LogP contribution in [0.4, 0.5) is 5.69 Å². The Kier molecular flexibility index (Phi) is 6.76. The first-order valence-corrected chi connectivity index (χ1v) is 13.4. The minimum atomic E-state index is -3.82. The quantitative estimate of drug-likeness (QED) is 0.681. The van der Waals surface area contributed by atoms with Crippen LogP contribution >= 0.6 is 0 Å². The van der Waals surface area contributed by atoms with E-state index in [0.717, 1.165) is 56.8 Å². The van der Waals surface area contributed by atoms with Gasteiger partial charge in [-0.2, -0.15) is 4.31 Å². The molecule has 2 fully saturated rings. The zero-order chi connectivity index (χ0) is 23.7. The van der Waals surface area contributed by atoms with Gasteiger partial charge in [0.15, 0.2) is 0 Å². The molecule has 3 aliphatic rings. The van der Waals surface area contributed by atoms with Gasteiger partial charge in [0.05, 0.1) is 24.8 Å². The van der Waals surface area contributed by atoms with Crippen molar-refractivity contribution in [3.8, 4) is 0 Å². The summed E-state index contributed by atoms with van der Waals surface area (Å²) in [4.78, 5) is 18.2. The second-order valence-electron chi connectivity index (χ2n) is 9.10. The van der Waals surface area contributed by atoms with Crippen molar-refractivity contribution < 1.29 is 22.4 Å². The Morgan fingerprint density at radius 3 is 2.62 bits per heavy atom. The first kappa shape index (κ1) is 23.5. The zero-order valence-electron chi connectivity index (χ0n) is 19.5. The number of nitrogens with one attached hydrogen (secondary N) is 1. The third-order valence-electron chi connectivity index (χ3n) is 6.95. The van der Waals surface area contributed by atoms with Crippen LogP contribution in [0.1, 0.15) is 28.1 Å². The number of carbonyl (C=O) groups is 1. The summed E-state index contributed by atoms with van der Waals surface area (Å²) in [7, 11) is -3.82. The summed E-state index contributed by atoms with van der Waals surface area (Å²) >= 11 is 0. The lowest BCUT2D eigenvalue weighted by Crippen LogP contribution is -2.53. The van der Waals surface area contributed by atoms with Crippen LogP contribution in [0.15, 0.2) is 39.8 Å². The maximum atomic E-state index is 14.0. The Morgan fingerprint density at radius 2 is 1.85 bits per heavy atom. The molecule has 2 aromatic rings. The van der Waals surface area contributed by atoms with Gasteiger partial charge in [0, 0.05) is 57.6 Å². The van der Waals surface area contributed by atoms with Crippen LogP contribution in [-0.4, -0.2) is 88.6 Å². The van der Waals surface area contributed by atoms with Crippen LogP contribution in [0.5, 0.6) is 0 Å². The van der Waals surface area contributed by atoms with Gasteiger partial charge >= 0.3 is 0 Å². The first-order valence-electron chi connectivity index (χ1n) is 12.0. The molecule has 34 heavy (non-hydrogen) atoms. The molecule has 0 spiro atoms. The lowest BCUT2D eigenvalue weighted by molar-refractivity contribution is 0.0724. The van der Waals surface area contributed by atoms with Crippen molar-refractivity contribution in [3.63, 3.8) is 0 Å². The van der Waals surface area contributed by atoms with Gasteiger partial charge in [-0.1, -0.05) is 18.2 Å². The van der Waals surface area contributed by atoms with E-state index in [2.05, 4.69) is 16.3 Å². The minimum Gasteiger partial charge on any atom is -0.448 e. The molecule has 1 aromatic heterocycles. The van der Waals surface area contributed by atoms with E-state index < -0.39 is 10.0 Å². The number of amides is 1. The van der Waals surface area contributed by atoms with Gasteiger partial charge in [-0.25, -0.2) is 8.42 Å². The predicted molar refractivity (Wildman–Crippen MR) is 128 cm³/mol. The maximum absolute atomic E-state index is 14.0. The number of aryl methyl sites for hydroxylation is 2. The molecule has 0 radical (unpaired) electrons. The van der Waals surface area contributed by atoms with E-state index in [1.807, 2.05) is 23.1 Å². The number of rotatable bonds is 5. The Morgan fingerprint density at radius 1 is 1.12 bits per heavy atom. The molecule has 1 amide bonds. The highest BCUT2D eigenvalue weighted by atomic mass is 32.2. The van der Waals surface area contributed by atoms with Gasteiger partial charge in [0.25, 0.3) is 15.9 Å². The van der Waals surface area contributed by atoms with Gasteiger partial charge < -0.3 is 19.4 Å². The topological polar surface area (TPSA) is 95.3 Å². The molecule has 0 saturated carbocycles. The standard InChI is InChI=1S/C24H32N4O5S/c1-18-21(16-23(33-18)34(30,31)27-12-14-32-15-13-27)24(29)28-20(17-26-10-8-25-9-11-26)7-6-19-4-2-3-5-22(19)28/h2-5,16,20,25H,6-15,17H2,1H3. The van der Waals surface area contributed by atoms with E-state index >= 15 is 0 Å². The van der Waals surface area contributed by atoms with Gasteiger partial charge in [0.2, 0.25) is 5.09 Å². The molecule has 1 aromatic carbocycles. The van der Waals surface area contributed by atoms with Crippen LogP contribution < -0.4 is 10.2 Å². The number of fused-ring (bicyclic) bond motifs is 1. The molecule has 1 atom stereocenters. The number of benzene rings is 1. The van der Waals surface area contributed by atoms with Crippen molar-refractivity contribution >= 4 is 21.6 Å². The number of nitrogens with zero attached hydrogens (tertiary/aromatic N) is 3. The second-order valence-corrected chi connectivity index (χ2v) is 11.0. The third-order valence-corrected chi connectivity index (χ3v) is 8.70. The summed E-state index contributed by atoms with van der Waals surface area (Å²) in [5.41, 5.74) is 2.33. The Bertz CT molecular complexity index is 1140. The lowest BCUT2D eigenvalue weighted by Gasteiger charge is -2.40. The molecular weight excluding hydrogens is 456 g/mol. The van der Waals surface area contributed by atoms with Crippen molar-refractivity contribution in [3.05, 3.63) is 47.2 Å². The predicted octanol–water partition coefficient (Wildman–Crippen LogP) is 1.48. The van der Waals surface area contributed by atoms with E-state index in [1.165, 1.54) is 10.4 Å². The fraction of sp³-hybridized carbons (Fsp3) is 0.542. The average Bonchev–Trinajstić information content (AvgIpc) is 3.27. The molecule has 3 aliphatic heterocycles. The van der Waals surface area contributed by atoms with E-state index in [-0.39, 0.29) is 30.1 Å². The highest BCUT2D eigenvalue weighted by Gasteiger charge is 2.36. The third kappa shape index (κ3) is 4.52. The van der Waals surface area contributed by atoms with Crippen LogP contribution in [0.3, 0.4) is 0 Å². The van der Waals surface area contributed by atoms with E-state index in [1.54, 1.807) is 6.92 Å². The van der Waals surface area contributed by atoms with E-state index in [4.69, 9.17) is 9.15 Å². The van der Waals surface area contributed by atoms with Crippen molar-refractivity contribution in [2.24, 2.45) is 0 Å². The van der Waals surface area contributed by atoms with Crippen LogP contribution in [0.2, 0.25) is 0 Å². The van der Waals surface area contributed by atoms with Crippen molar-refractivity contribution in [2.45, 2.75) is 30.9 Å². The lowest BCUT2D eigenvalue weighted by atomic mass is 9.94. The Labute approximate surface area is 200 Å². The molecule has 0 aliphatic carbocycles. The molecular formula is C24H32N4O5S. The van der Waals surface area contributed by atoms with Gasteiger partial charge in [-0.15, -0.1) is 0 Å². The molecule has 1 N–H and O–H groups in total. The minimum absolute atomic E-state index is 0.00843. The first-order chi connectivity index (χ1) is 16.4. The number of morpholine rings is 1. The summed E-state index contributed by atoms with van der Waals surface area (Å²) in [5.74, 6) is 0.109. The number of anilines is 1. The summed E-state index contributed by atoms with van der Waals surface area (Å²) < 4.78 is 38.5. The monoisotopic (exact) mass is 488 g/mol. The summed E-state index contributed by atoms with van der Waals surface area (Å²) in [6.45, 7) is 7.49. The van der Waals surface area contributed by atoms with E-state index in [9.17, 15) is 13.2 Å². The van der Waals surface area contributed by atoms with Crippen molar-refractivity contribution in [1.82, 2.24) is 14.5 Å². The highest BCUT2D eigenvalue weighted by molar-refractivity contribution is 7.89. The van der Waals surface area contributed by atoms with E-state index in [0.29, 0.717) is 24.5 Å². The summed E-state index contributed by atoms with van der Waals surface area (Å²) in [5, 5.41) is 3.19. The number of ether oxygens (including phenoxy) is 1. The largest absolute Gasteiger partial charge is 0.448 e. The van der Waals surface area contributed by atoms with Gasteiger partial charge in [0.1, 0.15) is 5.76 Å². The highest BCUT2D eigenvalue weighted by Crippen LogP contribution is 2.34. The fourth-order valence-corrected chi connectivity index (χ4v) is 6.46. The van der Waals surface area contributed by atoms with Crippen LogP contribution in [0.25, 0.3) is 0 Å². The molecule has 5 rings (SSSR count). The smallest absolute Gasteiger partial charge is 0.276 e. The molecule has 4 heterocycles. The molecule has 10 heteroatoms. The van der Waals surface area contributed by atoms with Crippen LogP contribution in [0, 0.1) is 6.92 Å². The normalized spacial score (nSPS) is 22.5. The SMILES string of the molecule is Cc1oc(S(=O)(=O)N2CCOCC2)cc1C(=O)N1c2ccccc2CCC1CN1CCNCC1. The Hall–Kier alpha value is -2.24. The number of hydrogen-bond donors (Lipinski definition) is 1. The molecule has 0 bridgehead atoms. The van der Waals surface area contributed by atoms with Gasteiger partial charge in [-0.3, -0.25) is 9.69 Å². The number of piperazine rings is 1. The summed E-state index contributed by atoms with van der Waals surface area (Å²) in [6, 6.07) is 9.40. The number of sulfonamides is 1.